The first-order valence-electron chi connectivity index (χ1n) is 5.61. The molecule has 1 fully saturated rings. The van der Waals surface area contributed by atoms with Crippen molar-refractivity contribution in [3.8, 4) is 0 Å². The molecule has 1 unspecified atom stereocenters. The number of rotatable bonds is 3. The first-order valence-corrected chi connectivity index (χ1v) is 5.61. The Kier molecular flexibility index (Phi) is 2.87. The second-order valence-electron chi connectivity index (χ2n) is 4.47. The van der Waals surface area contributed by atoms with Crippen LogP contribution in [0.25, 0.3) is 0 Å². The number of imide groups is 1. The molecule has 0 spiro atoms. The average molecular weight is 236 g/mol. The highest BCUT2D eigenvalue weighted by Gasteiger charge is 2.40. The number of nitrogens with zero attached hydrogens (tertiary/aromatic N) is 3. The summed E-state index contributed by atoms with van der Waals surface area (Å²) in [5.41, 5.74) is 0. The van der Waals surface area contributed by atoms with Gasteiger partial charge in [-0.05, 0) is 13.8 Å². The van der Waals surface area contributed by atoms with Crippen molar-refractivity contribution >= 4 is 17.6 Å². The van der Waals surface area contributed by atoms with Gasteiger partial charge in [-0.1, -0.05) is 0 Å². The molecule has 17 heavy (non-hydrogen) atoms. The lowest BCUT2D eigenvalue weighted by Gasteiger charge is -2.19. The first kappa shape index (κ1) is 11.6. The highest BCUT2D eigenvalue weighted by atomic mass is 16.2. The van der Waals surface area contributed by atoms with Crippen LogP contribution in [0.15, 0.2) is 12.3 Å². The van der Waals surface area contributed by atoms with Gasteiger partial charge in [0.25, 0.3) is 5.91 Å². The summed E-state index contributed by atoms with van der Waals surface area (Å²) < 4.78 is 1.64. The Bertz CT molecular complexity index is 452. The van der Waals surface area contributed by atoms with Gasteiger partial charge in [-0.25, -0.2) is 0 Å². The number of aromatic nitrogens is 2. The van der Waals surface area contributed by atoms with Crippen LogP contribution >= 0.6 is 0 Å². The quantitative estimate of drug-likeness (QED) is 0.770. The molecule has 1 aliphatic heterocycles. The maximum Gasteiger partial charge on any atom is 0.252 e. The average Bonchev–Trinajstić information content (AvgIpc) is 2.73. The van der Waals surface area contributed by atoms with Crippen molar-refractivity contribution in [1.29, 1.82) is 0 Å². The van der Waals surface area contributed by atoms with Crippen LogP contribution in [0.1, 0.15) is 20.3 Å². The lowest BCUT2D eigenvalue weighted by molar-refractivity contribution is -0.140. The van der Waals surface area contributed by atoms with Crippen LogP contribution in [-0.4, -0.2) is 38.6 Å². The molecule has 2 rings (SSSR count). The molecule has 1 aliphatic rings. The van der Waals surface area contributed by atoms with E-state index in [-0.39, 0.29) is 24.3 Å². The number of anilines is 1. The topological polar surface area (TPSA) is 67.2 Å². The van der Waals surface area contributed by atoms with E-state index in [2.05, 4.69) is 10.4 Å². The normalized spacial score (nSPS) is 20.5. The first-order chi connectivity index (χ1) is 7.99. The number of hydrogen-bond donors (Lipinski definition) is 1. The number of amides is 2. The summed E-state index contributed by atoms with van der Waals surface area (Å²) in [6.07, 6.45) is 1.98. The van der Waals surface area contributed by atoms with Crippen LogP contribution in [0.3, 0.4) is 0 Å². The van der Waals surface area contributed by atoms with Gasteiger partial charge in [0, 0.05) is 25.4 Å². The van der Waals surface area contributed by atoms with Crippen molar-refractivity contribution in [3.05, 3.63) is 12.3 Å². The summed E-state index contributed by atoms with van der Waals surface area (Å²) in [6.45, 7) is 3.66. The Balaban J connectivity index is 2.09. The van der Waals surface area contributed by atoms with Crippen molar-refractivity contribution in [2.24, 2.45) is 7.05 Å². The highest BCUT2D eigenvalue weighted by Crippen LogP contribution is 2.19. The van der Waals surface area contributed by atoms with Crippen LogP contribution in [0, 0.1) is 0 Å². The van der Waals surface area contributed by atoms with E-state index in [1.807, 2.05) is 13.8 Å². The van der Waals surface area contributed by atoms with Gasteiger partial charge in [0.05, 0.1) is 6.42 Å². The zero-order valence-electron chi connectivity index (χ0n) is 10.2. The summed E-state index contributed by atoms with van der Waals surface area (Å²) in [7, 11) is 1.80. The van der Waals surface area contributed by atoms with Gasteiger partial charge in [0.2, 0.25) is 5.91 Å². The Hall–Kier alpha value is -1.85. The van der Waals surface area contributed by atoms with E-state index in [1.165, 1.54) is 4.90 Å². The Labute approximate surface area is 99.6 Å². The number of nitrogens with one attached hydrogen (secondary N) is 1. The van der Waals surface area contributed by atoms with E-state index in [0.717, 1.165) is 0 Å². The molecule has 2 amide bonds. The highest BCUT2D eigenvalue weighted by molar-refractivity contribution is 6.07. The molecule has 0 bridgehead atoms. The zero-order chi connectivity index (χ0) is 12.6. The van der Waals surface area contributed by atoms with Crippen LogP contribution in [0.4, 0.5) is 5.82 Å². The third kappa shape index (κ3) is 2.15. The lowest BCUT2D eigenvalue weighted by Crippen LogP contribution is -2.39. The third-order valence-corrected chi connectivity index (χ3v) is 2.74. The van der Waals surface area contributed by atoms with Crippen molar-refractivity contribution in [2.75, 3.05) is 5.32 Å². The van der Waals surface area contributed by atoms with Crippen molar-refractivity contribution in [1.82, 2.24) is 14.7 Å². The molecule has 0 aliphatic carbocycles. The van der Waals surface area contributed by atoms with Gasteiger partial charge >= 0.3 is 0 Å². The monoisotopic (exact) mass is 236 g/mol. The number of carbonyl (C=O) groups excluding carboxylic acids is 2. The second-order valence-corrected chi connectivity index (χ2v) is 4.47. The molecule has 92 valence electrons. The maximum absolute atomic E-state index is 12.0. The predicted molar refractivity (Wildman–Crippen MR) is 62.2 cm³/mol. The molecule has 1 N–H and O–H groups in total. The minimum atomic E-state index is -0.486. The summed E-state index contributed by atoms with van der Waals surface area (Å²) in [5, 5.41) is 7.11. The van der Waals surface area contributed by atoms with Gasteiger partial charge in [0.1, 0.15) is 11.9 Å². The molecule has 6 heteroatoms. The molecule has 6 nitrogen and oxygen atoms in total. The summed E-state index contributed by atoms with van der Waals surface area (Å²) >= 11 is 0. The number of hydrogen-bond acceptors (Lipinski definition) is 4. The van der Waals surface area contributed by atoms with Gasteiger partial charge in [0.15, 0.2) is 0 Å². The fraction of sp³-hybridized carbons (Fsp3) is 0.545. The summed E-state index contributed by atoms with van der Waals surface area (Å²) in [6, 6.07) is 1.20. The smallest absolute Gasteiger partial charge is 0.252 e. The molecular formula is C11H16N4O2. The van der Waals surface area contributed by atoms with E-state index < -0.39 is 6.04 Å². The van der Waals surface area contributed by atoms with Crippen molar-refractivity contribution in [2.45, 2.75) is 32.4 Å². The predicted octanol–water partition coefficient (Wildman–Crippen LogP) is 0.368. The van der Waals surface area contributed by atoms with Gasteiger partial charge in [-0.2, -0.15) is 5.10 Å². The van der Waals surface area contributed by atoms with Crippen molar-refractivity contribution < 1.29 is 9.59 Å². The molecule has 0 radical (unpaired) electrons. The summed E-state index contributed by atoms with van der Waals surface area (Å²) in [4.78, 5) is 25.0. The molecule has 1 aromatic rings. The number of carbonyl (C=O) groups is 2. The Morgan fingerprint density at radius 3 is 2.65 bits per heavy atom. The van der Waals surface area contributed by atoms with Gasteiger partial charge < -0.3 is 5.32 Å². The zero-order valence-corrected chi connectivity index (χ0v) is 10.2. The standard InChI is InChI=1S/C11H16N4O2/c1-7(2)15-10(16)6-8(11(15)17)12-9-4-5-14(3)13-9/h4-5,7-8H,6H2,1-3H3,(H,12,13). The van der Waals surface area contributed by atoms with Crippen LogP contribution in [0.2, 0.25) is 0 Å². The Morgan fingerprint density at radius 1 is 1.47 bits per heavy atom. The van der Waals surface area contributed by atoms with Gasteiger partial charge in [-0.3, -0.25) is 19.2 Å². The molecule has 0 aromatic carbocycles. The van der Waals surface area contributed by atoms with Crippen LogP contribution in [0.5, 0.6) is 0 Å². The fourth-order valence-corrected chi connectivity index (χ4v) is 1.98. The van der Waals surface area contributed by atoms with E-state index >= 15 is 0 Å². The van der Waals surface area contributed by atoms with Gasteiger partial charge in [-0.15, -0.1) is 0 Å². The van der Waals surface area contributed by atoms with E-state index in [4.69, 9.17) is 0 Å². The van der Waals surface area contributed by atoms with E-state index in [9.17, 15) is 9.59 Å². The second kappa shape index (κ2) is 4.20. The Morgan fingerprint density at radius 2 is 2.18 bits per heavy atom. The maximum atomic E-state index is 12.0. The SMILES string of the molecule is CC(C)N1C(=O)CC(Nc2ccn(C)n2)C1=O. The summed E-state index contributed by atoms with van der Waals surface area (Å²) in [5.74, 6) is 0.318. The van der Waals surface area contributed by atoms with Crippen molar-refractivity contribution in [3.63, 3.8) is 0 Å². The third-order valence-electron chi connectivity index (χ3n) is 2.74. The molecular weight excluding hydrogens is 220 g/mol. The number of likely N-dealkylation sites (tertiary alicyclic amines) is 1. The fourth-order valence-electron chi connectivity index (χ4n) is 1.98. The molecule has 0 saturated carbocycles. The van der Waals surface area contributed by atoms with E-state index in [0.29, 0.717) is 5.82 Å². The largest absolute Gasteiger partial charge is 0.356 e. The lowest BCUT2D eigenvalue weighted by atomic mass is 10.2. The molecule has 1 aromatic heterocycles. The molecule has 1 saturated heterocycles. The molecule has 1 atom stereocenters. The van der Waals surface area contributed by atoms with Crippen LogP contribution < -0.4 is 5.32 Å². The number of aryl methyl sites for hydroxylation is 1. The van der Waals surface area contributed by atoms with Crippen LogP contribution in [-0.2, 0) is 16.6 Å². The minimum absolute atomic E-state index is 0.0921. The molecule has 2 heterocycles. The minimum Gasteiger partial charge on any atom is -0.356 e. The van der Waals surface area contributed by atoms with E-state index in [1.54, 1.807) is 24.0 Å².